The van der Waals surface area contributed by atoms with Gasteiger partial charge in [0.2, 0.25) is 5.82 Å². The van der Waals surface area contributed by atoms with Gasteiger partial charge in [0, 0.05) is 29.0 Å². The highest BCUT2D eigenvalue weighted by atomic mass is 32.1. The van der Waals surface area contributed by atoms with E-state index in [0.29, 0.717) is 12.6 Å². The molecule has 1 aromatic carbocycles. The molecule has 2 aromatic rings. The van der Waals surface area contributed by atoms with Crippen molar-refractivity contribution in [2.24, 2.45) is 0 Å². The minimum atomic E-state index is -1.18. The van der Waals surface area contributed by atoms with E-state index in [1.807, 2.05) is 31.4 Å². The first kappa shape index (κ1) is 15.4. The zero-order valence-electron chi connectivity index (χ0n) is 11.5. The van der Waals surface area contributed by atoms with E-state index in [2.05, 4.69) is 5.32 Å². The highest BCUT2D eigenvalue weighted by molar-refractivity contribution is 7.10. The summed E-state index contributed by atoms with van der Waals surface area (Å²) in [6, 6.07) is 5.30. The number of rotatable bonds is 5. The van der Waals surface area contributed by atoms with Crippen LogP contribution in [0, 0.1) is 21.7 Å². The van der Waals surface area contributed by atoms with Gasteiger partial charge in [0.15, 0.2) is 0 Å². The van der Waals surface area contributed by atoms with Gasteiger partial charge in [-0.1, -0.05) is 19.9 Å². The third-order valence-electron chi connectivity index (χ3n) is 3.12. The van der Waals surface area contributed by atoms with Gasteiger partial charge in [-0.3, -0.25) is 10.1 Å². The number of nitrogens with one attached hydrogen (secondary N) is 1. The second-order valence-electron chi connectivity index (χ2n) is 5.26. The van der Waals surface area contributed by atoms with Crippen molar-refractivity contribution in [1.29, 1.82) is 0 Å². The molecule has 0 aliphatic carbocycles. The number of thiophene rings is 1. The fourth-order valence-electron chi connectivity index (χ4n) is 1.95. The van der Waals surface area contributed by atoms with E-state index >= 15 is 0 Å². The summed E-state index contributed by atoms with van der Waals surface area (Å²) in [5.41, 5.74) is -1.20. The molecule has 1 aromatic heterocycles. The monoisotopic (exact) mass is 312 g/mol. The molecule has 112 valence electrons. The van der Waals surface area contributed by atoms with Crippen molar-refractivity contribution in [3.05, 3.63) is 56.3 Å². The van der Waals surface area contributed by atoms with Crippen LogP contribution >= 0.6 is 11.3 Å². The van der Waals surface area contributed by atoms with Crippen LogP contribution in [0.3, 0.4) is 0 Å². The average molecular weight is 312 g/mol. The van der Waals surface area contributed by atoms with Crippen LogP contribution in [0.2, 0.25) is 0 Å². The molecule has 1 N–H and O–H groups in total. The Bertz CT molecular complexity index is 657. The maximum atomic E-state index is 13.5. The van der Waals surface area contributed by atoms with Gasteiger partial charge in [-0.25, -0.2) is 4.39 Å². The van der Waals surface area contributed by atoms with Crippen LogP contribution < -0.4 is 5.32 Å². The maximum absolute atomic E-state index is 13.5. The molecule has 21 heavy (non-hydrogen) atoms. The molecule has 2 rings (SSSR count). The topological polar surface area (TPSA) is 55.2 Å². The van der Waals surface area contributed by atoms with E-state index in [-0.39, 0.29) is 11.1 Å². The largest absolute Gasteiger partial charge is 0.378 e. The van der Waals surface area contributed by atoms with Gasteiger partial charge < -0.3 is 5.32 Å². The Balaban J connectivity index is 2.26. The number of nitrogens with zero attached hydrogens (tertiary/aromatic N) is 1. The summed E-state index contributed by atoms with van der Waals surface area (Å²) in [7, 11) is 0. The van der Waals surface area contributed by atoms with Crippen LogP contribution in [0.1, 0.15) is 18.7 Å². The number of hydrogen-bond donors (Lipinski definition) is 1. The van der Waals surface area contributed by atoms with E-state index in [4.69, 9.17) is 0 Å². The van der Waals surface area contributed by atoms with Crippen LogP contribution in [-0.2, 0) is 5.41 Å². The number of hydrogen-bond acceptors (Lipinski definition) is 4. The molecule has 0 radical (unpaired) electrons. The normalized spacial score (nSPS) is 11.4. The molecule has 0 unspecified atom stereocenters. The third kappa shape index (κ3) is 3.36. The molecule has 7 heteroatoms. The van der Waals surface area contributed by atoms with Crippen LogP contribution in [-0.4, -0.2) is 11.5 Å². The molecule has 0 spiro atoms. The summed E-state index contributed by atoms with van der Waals surface area (Å²) >= 11 is 1.56. The first-order valence-corrected chi connectivity index (χ1v) is 7.10. The van der Waals surface area contributed by atoms with Gasteiger partial charge >= 0.3 is 5.69 Å². The zero-order valence-corrected chi connectivity index (χ0v) is 12.3. The van der Waals surface area contributed by atoms with E-state index in [9.17, 15) is 18.9 Å². The Kier molecular flexibility index (Phi) is 4.22. The predicted molar refractivity (Wildman–Crippen MR) is 78.8 cm³/mol. The van der Waals surface area contributed by atoms with Gasteiger partial charge in [0.1, 0.15) is 11.5 Å². The number of benzene rings is 1. The average Bonchev–Trinajstić information content (AvgIpc) is 2.89. The Morgan fingerprint density at radius 3 is 2.67 bits per heavy atom. The van der Waals surface area contributed by atoms with Gasteiger partial charge in [0.25, 0.3) is 0 Å². The molecule has 0 atom stereocenters. The van der Waals surface area contributed by atoms with Crippen molar-refractivity contribution in [3.8, 4) is 0 Å². The van der Waals surface area contributed by atoms with Crippen LogP contribution in [0.15, 0.2) is 29.6 Å². The molecule has 0 aliphatic heterocycles. The number of nitro benzene ring substituents is 1. The van der Waals surface area contributed by atoms with Gasteiger partial charge in [-0.2, -0.15) is 4.39 Å². The fraction of sp³-hybridized carbons (Fsp3) is 0.286. The Morgan fingerprint density at radius 1 is 1.38 bits per heavy atom. The SMILES string of the molecule is CC(C)(CNc1cc(F)cc(F)c1[N+](=O)[O-])c1cccs1. The summed E-state index contributed by atoms with van der Waals surface area (Å²) in [5, 5.41) is 15.6. The third-order valence-corrected chi connectivity index (χ3v) is 4.36. The van der Waals surface area contributed by atoms with Crippen molar-refractivity contribution in [3.63, 3.8) is 0 Å². The summed E-state index contributed by atoms with van der Waals surface area (Å²) in [4.78, 5) is 11.1. The molecular formula is C14H14F2N2O2S. The fourth-order valence-corrected chi connectivity index (χ4v) is 2.81. The van der Waals surface area contributed by atoms with E-state index in [0.717, 1.165) is 10.9 Å². The van der Waals surface area contributed by atoms with Gasteiger partial charge in [0.05, 0.1) is 4.92 Å². The molecule has 0 saturated carbocycles. The Morgan fingerprint density at radius 2 is 2.10 bits per heavy atom. The second-order valence-corrected chi connectivity index (χ2v) is 6.20. The van der Waals surface area contributed by atoms with Crippen LogP contribution in [0.5, 0.6) is 0 Å². The van der Waals surface area contributed by atoms with Crippen molar-refractivity contribution in [1.82, 2.24) is 0 Å². The minimum Gasteiger partial charge on any atom is -0.378 e. The van der Waals surface area contributed by atoms with E-state index in [1.54, 1.807) is 11.3 Å². The maximum Gasteiger partial charge on any atom is 0.327 e. The molecule has 0 fully saturated rings. The van der Waals surface area contributed by atoms with Crippen molar-refractivity contribution >= 4 is 22.7 Å². The quantitative estimate of drug-likeness (QED) is 0.660. The number of anilines is 1. The van der Waals surface area contributed by atoms with Crippen molar-refractivity contribution in [2.75, 3.05) is 11.9 Å². The molecule has 1 heterocycles. The lowest BCUT2D eigenvalue weighted by molar-refractivity contribution is -0.386. The molecule has 0 bridgehead atoms. The van der Waals surface area contributed by atoms with E-state index < -0.39 is 22.2 Å². The molecule has 0 saturated heterocycles. The standard InChI is InChI=1S/C14H14F2N2O2S/c1-14(2,12-4-3-5-21-12)8-17-11-7-9(15)6-10(16)13(11)18(19)20/h3-7,17H,8H2,1-2H3. The molecule has 4 nitrogen and oxygen atoms in total. The highest BCUT2D eigenvalue weighted by Crippen LogP contribution is 2.32. The first-order valence-electron chi connectivity index (χ1n) is 6.22. The lowest BCUT2D eigenvalue weighted by atomic mass is 9.91. The zero-order chi connectivity index (χ0) is 15.6. The number of halogens is 2. The lowest BCUT2D eigenvalue weighted by Crippen LogP contribution is -2.27. The Labute approximate surface area is 124 Å². The molecule has 0 amide bonds. The highest BCUT2D eigenvalue weighted by Gasteiger charge is 2.26. The van der Waals surface area contributed by atoms with Crippen molar-refractivity contribution < 1.29 is 13.7 Å². The summed E-state index contributed by atoms with van der Waals surface area (Å²) in [6.07, 6.45) is 0. The van der Waals surface area contributed by atoms with E-state index in [1.165, 1.54) is 0 Å². The predicted octanol–water partition coefficient (Wildman–Crippen LogP) is 4.32. The van der Waals surface area contributed by atoms with Gasteiger partial charge in [-0.05, 0) is 11.4 Å². The summed E-state index contributed by atoms with van der Waals surface area (Å²) in [6.45, 7) is 4.22. The summed E-state index contributed by atoms with van der Waals surface area (Å²) < 4.78 is 26.8. The van der Waals surface area contributed by atoms with Crippen LogP contribution in [0.4, 0.5) is 20.2 Å². The number of nitro groups is 1. The molecular weight excluding hydrogens is 298 g/mol. The molecule has 0 aliphatic rings. The smallest absolute Gasteiger partial charge is 0.327 e. The summed E-state index contributed by atoms with van der Waals surface area (Å²) in [5.74, 6) is -2.04. The minimum absolute atomic E-state index is 0.151. The first-order chi connectivity index (χ1) is 9.81. The van der Waals surface area contributed by atoms with Crippen molar-refractivity contribution in [2.45, 2.75) is 19.3 Å². The second kappa shape index (κ2) is 5.77. The van der Waals surface area contributed by atoms with Crippen LogP contribution in [0.25, 0.3) is 0 Å². The lowest BCUT2D eigenvalue weighted by Gasteiger charge is -2.24. The van der Waals surface area contributed by atoms with Gasteiger partial charge in [-0.15, -0.1) is 11.3 Å². The Hall–Kier alpha value is -2.02.